The second-order valence-electron chi connectivity index (χ2n) is 6.10. The first-order valence-corrected chi connectivity index (χ1v) is 8.17. The zero-order valence-corrected chi connectivity index (χ0v) is 13.7. The van der Waals surface area contributed by atoms with Crippen LogP contribution in [0.5, 0.6) is 0 Å². The lowest BCUT2D eigenvalue weighted by molar-refractivity contribution is -0.131. The van der Waals surface area contributed by atoms with E-state index in [1.54, 1.807) is 18.2 Å². The molecule has 1 fully saturated rings. The molecule has 0 unspecified atom stereocenters. The number of rotatable bonds is 4. The first kappa shape index (κ1) is 16.2. The van der Waals surface area contributed by atoms with Crippen molar-refractivity contribution in [3.05, 3.63) is 53.4 Å². The SMILES string of the molecule is Cc1cc(CC(=O)N2CCC(NC(=O)c3ccccc3)CC2)no1. The van der Waals surface area contributed by atoms with E-state index >= 15 is 0 Å². The molecule has 0 bridgehead atoms. The van der Waals surface area contributed by atoms with E-state index in [2.05, 4.69) is 10.5 Å². The summed E-state index contributed by atoms with van der Waals surface area (Å²) in [5, 5.41) is 6.90. The second-order valence-corrected chi connectivity index (χ2v) is 6.10. The quantitative estimate of drug-likeness (QED) is 0.931. The predicted octanol–water partition coefficient (Wildman–Crippen LogP) is 1.95. The molecule has 1 aromatic carbocycles. The summed E-state index contributed by atoms with van der Waals surface area (Å²) < 4.78 is 4.99. The highest BCUT2D eigenvalue weighted by molar-refractivity contribution is 5.94. The third kappa shape index (κ3) is 4.01. The molecule has 126 valence electrons. The van der Waals surface area contributed by atoms with E-state index in [1.807, 2.05) is 30.0 Å². The van der Waals surface area contributed by atoms with Crippen LogP contribution in [0.15, 0.2) is 40.9 Å². The van der Waals surface area contributed by atoms with Crippen molar-refractivity contribution in [3.63, 3.8) is 0 Å². The minimum atomic E-state index is -0.0570. The first-order chi connectivity index (χ1) is 11.6. The van der Waals surface area contributed by atoms with Gasteiger partial charge in [-0.25, -0.2) is 0 Å². The number of piperidine rings is 1. The summed E-state index contributed by atoms with van der Waals surface area (Å²) in [4.78, 5) is 26.3. The van der Waals surface area contributed by atoms with Crippen LogP contribution in [0.3, 0.4) is 0 Å². The molecule has 1 aliphatic rings. The summed E-state index contributed by atoms with van der Waals surface area (Å²) in [5.41, 5.74) is 1.33. The molecule has 0 spiro atoms. The van der Waals surface area contributed by atoms with Crippen molar-refractivity contribution in [2.24, 2.45) is 0 Å². The molecule has 6 heteroatoms. The fourth-order valence-electron chi connectivity index (χ4n) is 2.90. The maximum absolute atomic E-state index is 12.3. The van der Waals surface area contributed by atoms with Crippen molar-refractivity contribution >= 4 is 11.8 Å². The average Bonchev–Trinajstić information content (AvgIpc) is 3.01. The number of aryl methyl sites for hydroxylation is 1. The van der Waals surface area contributed by atoms with E-state index in [4.69, 9.17) is 4.52 Å². The lowest BCUT2D eigenvalue weighted by Crippen LogP contribution is -2.47. The van der Waals surface area contributed by atoms with Gasteiger partial charge in [0.25, 0.3) is 5.91 Å². The fraction of sp³-hybridized carbons (Fsp3) is 0.389. The van der Waals surface area contributed by atoms with Crippen molar-refractivity contribution in [3.8, 4) is 0 Å². The van der Waals surface area contributed by atoms with Gasteiger partial charge in [0, 0.05) is 30.8 Å². The number of hydrogen-bond donors (Lipinski definition) is 1. The van der Waals surface area contributed by atoms with E-state index in [-0.39, 0.29) is 24.3 Å². The zero-order chi connectivity index (χ0) is 16.9. The third-order valence-electron chi connectivity index (χ3n) is 4.23. The van der Waals surface area contributed by atoms with Crippen LogP contribution in [0.25, 0.3) is 0 Å². The third-order valence-corrected chi connectivity index (χ3v) is 4.23. The lowest BCUT2D eigenvalue weighted by atomic mass is 10.0. The van der Waals surface area contributed by atoms with Crippen LogP contribution in [0.1, 0.15) is 34.7 Å². The summed E-state index contributed by atoms with van der Waals surface area (Å²) in [7, 11) is 0. The standard InChI is InChI=1S/C18H21N3O3/c1-13-11-16(20-24-13)12-17(22)21-9-7-15(8-10-21)19-18(23)14-5-3-2-4-6-14/h2-6,11,15H,7-10,12H2,1H3,(H,19,23). The maximum atomic E-state index is 12.3. The van der Waals surface area contributed by atoms with Gasteiger partial charge in [0.15, 0.2) is 0 Å². The normalized spacial score (nSPS) is 15.3. The summed E-state index contributed by atoms with van der Waals surface area (Å²) in [6.07, 6.45) is 1.79. The Morgan fingerprint density at radius 3 is 2.58 bits per heavy atom. The Balaban J connectivity index is 1.47. The Morgan fingerprint density at radius 1 is 1.25 bits per heavy atom. The van der Waals surface area contributed by atoms with Crippen LogP contribution in [0.2, 0.25) is 0 Å². The maximum Gasteiger partial charge on any atom is 0.251 e. The molecule has 1 aliphatic heterocycles. The van der Waals surface area contributed by atoms with Gasteiger partial charge in [0.1, 0.15) is 5.76 Å². The molecular formula is C18H21N3O3. The molecule has 0 aliphatic carbocycles. The summed E-state index contributed by atoms with van der Waals surface area (Å²) in [6.45, 7) is 3.10. The molecule has 1 N–H and O–H groups in total. The van der Waals surface area contributed by atoms with Crippen LogP contribution < -0.4 is 5.32 Å². The monoisotopic (exact) mass is 327 g/mol. The lowest BCUT2D eigenvalue weighted by Gasteiger charge is -2.32. The van der Waals surface area contributed by atoms with Crippen molar-refractivity contribution in [2.45, 2.75) is 32.2 Å². The zero-order valence-electron chi connectivity index (χ0n) is 13.7. The minimum Gasteiger partial charge on any atom is -0.361 e. The number of carbonyl (C=O) groups excluding carboxylic acids is 2. The molecule has 0 atom stereocenters. The minimum absolute atomic E-state index is 0.0520. The average molecular weight is 327 g/mol. The van der Waals surface area contributed by atoms with Crippen LogP contribution in [0.4, 0.5) is 0 Å². The van der Waals surface area contributed by atoms with Gasteiger partial charge in [-0.05, 0) is 31.9 Å². The number of amides is 2. The largest absolute Gasteiger partial charge is 0.361 e. The van der Waals surface area contributed by atoms with Gasteiger partial charge in [0.05, 0.1) is 12.1 Å². The second kappa shape index (κ2) is 7.29. The van der Waals surface area contributed by atoms with Crippen molar-refractivity contribution in [1.29, 1.82) is 0 Å². The van der Waals surface area contributed by atoms with Crippen LogP contribution in [-0.2, 0) is 11.2 Å². The summed E-state index contributed by atoms with van der Waals surface area (Å²) in [6, 6.07) is 11.1. The topological polar surface area (TPSA) is 75.4 Å². The van der Waals surface area contributed by atoms with Gasteiger partial charge in [-0.2, -0.15) is 0 Å². The number of benzene rings is 1. The van der Waals surface area contributed by atoms with Crippen molar-refractivity contribution in [2.75, 3.05) is 13.1 Å². The first-order valence-electron chi connectivity index (χ1n) is 8.17. The molecule has 6 nitrogen and oxygen atoms in total. The molecule has 2 aromatic rings. The van der Waals surface area contributed by atoms with Crippen LogP contribution in [0, 0.1) is 6.92 Å². The Morgan fingerprint density at radius 2 is 1.96 bits per heavy atom. The van der Waals surface area contributed by atoms with E-state index < -0.39 is 0 Å². The Kier molecular flexibility index (Phi) is 4.93. The van der Waals surface area contributed by atoms with E-state index in [1.165, 1.54) is 0 Å². The van der Waals surface area contributed by atoms with Crippen LogP contribution >= 0.6 is 0 Å². The molecule has 0 radical (unpaired) electrons. The number of likely N-dealkylation sites (tertiary alicyclic amines) is 1. The fourth-order valence-corrected chi connectivity index (χ4v) is 2.90. The Hall–Kier alpha value is -2.63. The van der Waals surface area contributed by atoms with E-state index in [0.29, 0.717) is 30.1 Å². The molecule has 0 saturated carbocycles. The Bertz CT molecular complexity index is 703. The summed E-state index contributed by atoms with van der Waals surface area (Å²) >= 11 is 0. The van der Waals surface area contributed by atoms with Crippen LogP contribution in [-0.4, -0.2) is 41.0 Å². The molecule has 2 heterocycles. The van der Waals surface area contributed by atoms with Gasteiger partial charge in [0.2, 0.25) is 5.91 Å². The van der Waals surface area contributed by atoms with Crippen molar-refractivity contribution < 1.29 is 14.1 Å². The number of aromatic nitrogens is 1. The molecule has 24 heavy (non-hydrogen) atoms. The molecule has 1 saturated heterocycles. The number of nitrogens with zero attached hydrogens (tertiary/aromatic N) is 2. The highest BCUT2D eigenvalue weighted by Crippen LogP contribution is 2.13. The summed E-state index contributed by atoms with van der Waals surface area (Å²) in [5.74, 6) is 0.703. The molecule has 2 amide bonds. The van der Waals surface area contributed by atoms with Gasteiger partial charge >= 0.3 is 0 Å². The highest BCUT2D eigenvalue weighted by Gasteiger charge is 2.24. The number of carbonyl (C=O) groups is 2. The van der Waals surface area contributed by atoms with Gasteiger partial charge in [-0.3, -0.25) is 9.59 Å². The van der Waals surface area contributed by atoms with Gasteiger partial charge in [-0.15, -0.1) is 0 Å². The van der Waals surface area contributed by atoms with E-state index in [9.17, 15) is 9.59 Å². The van der Waals surface area contributed by atoms with Crippen molar-refractivity contribution in [1.82, 2.24) is 15.4 Å². The molecular weight excluding hydrogens is 306 g/mol. The van der Waals surface area contributed by atoms with Gasteiger partial charge < -0.3 is 14.7 Å². The molecule has 1 aromatic heterocycles. The van der Waals surface area contributed by atoms with E-state index in [0.717, 1.165) is 12.8 Å². The predicted molar refractivity (Wildman–Crippen MR) is 88.5 cm³/mol. The number of hydrogen-bond acceptors (Lipinski definition) is 4. The van der Waals surface area contributed by atoms with Gasteiger partial charge in [-0.1, -0.05) is 23.4 Å². The molecule has 3 rings (SSSR count). The Labute approximate surface area is 140 Å². The highest BCUT2D eigenvalue weighted by atomic mass is 16.5. The number of nitrogens with one attached hydrogen (secondary N) is 1. The smallest absolute Gasteiger partial charge is 0.251 e.